The maximum absolute atomic E-state index is 12.7. The van der Waals surface area contributed by atoms with Crippen LogP contribution in [0.3, 0.4) is 0 Å². The van der Waals surface area contributed by atoms with Crippen molar-refractivity contribution in [2.24, 2.45) is 5.73 Å². The van der Waals surface area contributed by atoms with Crippen LogP contribution in [0.15, 0.2) is 23.1 Å². The molecule has 1 aromatic carbocycles. The third-order valence-electron chi connectivity index (χ3n) is 3.91. The minimum absolute atomic E-state index is 0.0927. The number of carbonyl (C=O) groups is 1. The zero-order valence-electron chi connectivity index (χ0n) is 12.2. The Morgan fingerprint density at radius 2 is 2.00 bits per heavy atom. The van der Waals surface area contributed by atoms with Gasteiger partial charge in [-0.15, -0.1) is 11.8 Å². The van der Waals surface area contributed by atoms with Crippen LogP contribution in [0.25, 0.3) is 0 Å². The van der Waals surface area contributed by atoms with Gasteiger partial charge in [0.25, 0.3) is 5.91 Å². The molecule has 0 aromatic heterocycles. The standard InChI is InChI=1S/C15H19F3N2OS/c1-22-13-8-9(15(16,17)18)6-7-10(13)14(21)20-12-5-3-2-4-11(12)19/h6-8,11-12H,2-5,19H2,1H3,(H,20,21). The lowest BCUT2D eigenvalue weighted by molar-refractivity contribution is -0.137. The van der Waals surface area contributed by atoms with E-state index in [1.807, 2.05) is 0 Å². The summed E-state index contributed by atoms with van der Waals surface area (Å²) in [5.41, 5.74) is 5.50. The SMILES string of the molecule is CSc1cc(C(F)(F)F)ccc1C(=O)NC1CCCCC1N. The molecular formula is C15H19F3N2OS. The van der Waals surface area contributed by atoms with Gasteiger partial charge in [0.15, 0.2) is 0 Å². The Labute approximate surface area is 131 Å². The zero-order valence-corrected chi connectivity index (χ0v) is 13.1. The van der Waals surface area contributed by atoms with Crippen molar-refractivity contribution in [3.63, 3.8) is 0 Å². The van der Waals surface area contributed by atoms with Gasteiger partial charge in [-0.3, -0.25) is 4.79 Å². The van der Waals surface area contributed by atoms with Crippen molar-refractivity contribution in [3.05, 3.63) is 29.3 Å². The van der Waals surface area contributed by atoms with Crippen LogP contribution in [0.1, 0.15) is 41.6 Å². The van der Waals surface area contributed by atoms with Crippen LogP contribution < -0.4 is 11.1 Å². The van der Waals surface area contributed by atoms with Crippen LogP contribution in [0.2, 0.25) is 0 Å². The molecule has 0 radical (unpaired) electrons. The lowest BCUT2D eigenvalue weighted by atomic mass is 9.91. The van der Waals surface area contributed by atoms with E-state index in [-0.39, 0.29) is 23.6 Å². The summed E-state index contributed by atoms with van der Waals surface area (Å²) >= 11 is 1.12. The lowest BCUT2D eigenvalue weighted by Crippen LogP contribution is -2.49. The highest BCUT2D eigenvalue weighted by atomic mass is 32.2. The Kier molecular flexibility index (Phi) is 5.39. The summed E-state index contributed by atoms with van der Waals surface area (Å²) < 4.78 is 38.2. The van der Waals surface area contributed by atoms with Crippen molar-refractivity contribution < 1.29 is 18.0 Å². The molecule has 22 heavy (non-hydrogen) atoms. The number of nitrogens with two attached hydrogens (primary N) is 1. The third kappa shape index (κ3) is 3.95. The number of benzene rings is 1. The van der Waals surface area contributed by atoms with Gasteiger partial charge < -0.3 is 11.1 Å². The van der Waals surface area contributed by atoms with Gasteiger partial charge in [0.1, 0.15) is 0 Å². The van der Waals surface area contributed by atoms with Crippen molar-refractivity contribution in [1.29, 1.82) is 0 Å². The smallest absolute Gasteiger partial charge is 0.348 e. The summed E-state index contributed by atoms with van der Waals surface area (Å²) in [7, 11) is 0. The molecule has 0 saturated heterocycles. The monoisotopic (exact) mass is 332 g/mol. The highest BCUT2D eigenvalue weighted by molar-refractivity contribution is 7.98. The van der Waals surface area contributed by atoms with E-state index in [0.717, 1.165) is 49.6 Å². The summed E-state index contributed by atoms with van der Waals surface area (Å²) in [5.74, 6) is -0.361. The Morgan fingerprint density at radius 3 is 2.59 bits per heavy atom. The van der Waals surface area contributed by atoms with E-state index >= 15 is 0 Å². The fraction of sp³-hybridized carbons (Fsp3) is 0.533. The van der Waals surface area contributed by atoms with Crippen LogP contribution in [-0.4, -0.2) is 24.2 Å². The maximum atomic E-state index is 12.7. The number of hydrogen-bond donors (Lipinski definition) is 2. The van der Waals surface area contributed by atoms with Gasteiger partial charge in [-0.1, -0.05) is 12.8 Å². The minimum atomic E-state index is -4.41. The third-order valence-corrected chi connectivity index (χ3v) is 4.69. The second-order valence-corrected chi connectivity index (χ2v) is 6.29. The Balaban J connectivity index is 2.18. The first-order valence-corrected chi connectivity index (χ1v) is 8.37. The number of thioether (sulfide) groups is 1. The first kappa shape index (κ1) is 17.1. The molecule has 122 valence electrons. The van der Waals surface area contributed by atoms with Crippen LogP contribution in [0.5, 0.6) is 0 Å². The molecule has 1 amide bonds. The number of carbonyl (C=O) groups excluding carboxylic acids is 1. The number of alkyl halides is 3. The molecule has 0 spiro atoms. The summed E-state index contributed by atoms with van der Waals surface area (Å²) in [6.07, 6.45) is 0.949. The first-order chi connectivity index (χ1) is 10.3. The largest absolute Gasteiger partial charge is 0.416 e. The topological polar surface area (TPSA) is 55.1 Å². The molecule has 3 N–H and O–H groups in total. The number of amides is 1. The molecular weight excluding hydrogens is 313 g/mol. The van der Waals surface area contributed by atoms with E-state index < -0.39 is 11.7 Å². The molecule has 3 nitrogen and oxygen atoms in total. The van der Waals surface area contributed by atoms with E-state index in [1.54, 1.807) is 6.26 Å². The zero-order chi connectivity index (χ0) is 16.3. The van der Waals surface area contributed by atoms with Crippen LogP contribution in [0, 0.1) is 0 Å². The van der Waals surface area contributed by atoms with Gasteiger partial charge in [-0.05, 0) is 37.3 Å². The quantitative estimate of drug-likeness (QED) is 0.834. The van der Waals surface area contributed by atoms with Crippen LogP contribution >= 0.6 is 11.8 Å². The molecule has 2 rings (SSSR count). The number of rotatable bonds is 3. The Bertz CT molecular complexity index is 548. The second-order valence-electron chi connectivity index (χ2n) is 5.44. The summed E-state index contributed by atoms with van der Waals surface area (Å²) in [6.45, 7) is 0. The van der Waals surface area contributed by atoms with Gasteiger partial charge in [0, 0.05) is 17.0 Å². The molecule has 1 saturated carbocycles. The molecule has 7 heteroatoms. The second kappa shape index (κ2) is 6.91. The predicted molar refractivity (Wildman–Crippen MR) is 80.9 cm³/mol. The molecule has 0 bridgehead atoms. The molecule has 2 atom stereocenters. The molecule has 0 heterocycles. The number of nitrogens with one attached hydrogen (secondary N) is 1. The number of hydrogen-bond acceptors (Lipinski definition) is 3. The Morgan fingerprint density at radius 1 is 1.32 bits per heavy atom. The first-order valence-electron chi connectivity index (χ1n) is 7.14. The van der Waals surface area contributed by atoms with Crippen LogP contribution in [0.4, 0.5) is 13.2 Å². The van der Waals surface area contributed by atoms with Gasteiger partial charge in [0.05, 0.1) is 11.1 Å². The van der Waals surface area contributed by atoms with Crippen molar-refractivity contribution in [2.45, 2.75) is 48.8 Å². The van der Waals surface area contributed by atoms with E-state index in [9.17, 15) is 18.0 Å². The summed E-state index contributed by atoms with van der Waals surface area (Å²) in [4.78, 5) is 12.7. The Hall–Kier alpha value is -1.21. The highest BCUT2D eigenvalue weighted by Gasteiger charge is 2.32. The van der Waals surface area contributed by atoms with Gasteiger partial charge in [-0.25, -0.2) is 0 Å². The predicted octanol–water partition coefficient (Wildman–Crippen LogP) is 3.43. The molecule has 1 fully saturated rings. The van der Waals surface area contributed by atoms with E-state index in [1.165, 1.54) is 6.07 Å². The molecule has 2 unspecified atom stereocenters. The van der Waals surface area contributed by atoms with Crippen molar-refractivity contribution in [2.75, 3.05) is 6.26 Å². The average molecular weight is 332 g/mol. The summed E-state index contributed by atoms with van der Waals surface area (Å²) in [6, 6.07) is 2.98. The molecule has 1 aliphatic rings. The van der Waals surface area contributed by atoms with Crippen molar-refractivity contribution >= 4 is 17.7 Å². The van der Waals surface area contributed by atoms with Crippen LogP contribution in [-0.2, 0) is 6.18 Å². The van der Waals surface area contributed by atoms with E-state index in [0.29, 0.717) is 4.90 Å². The molecule has 1 aromatic rings. The van der Waals surface area contributed by atoms with Gasteiger partial charge >= 0.3 is 6.18 Å². The van der Waals surface area contributed by atoms with Gasteiger partial charge in [-0.2, -0.15) is 13.2 Å². The van der Waals surface area contributed by atoms with E-state index in [2.05, 4.69) is 5.32 Å². The number of halogens is 3. The van der Waals surface area contributed by atoms with E-state index in [4.69, 9.17) is 5.73 Å². The normalized spacial score (nSPS) is 22.4. The maximum Gasteiger partial charge on any atom is 0.416 e. The lowest BCUT2D eigenvalue weighted by Gasteiger charge is -2.29. The average Bonchev–Trinajstić information content (AvgIpc) is 2.48. The molecule has 0 aliphatic heterocycles. The van der Waals surface area contributed by atoms with Crippen molar-refractivity contribution in [3.8, 4) is 0 Å². The summed E-state index contributed by atoms with van der Waals surface area (Å²) in [5, 5.41) is 2.86. The highest BCUT2D eigenvalue weighted by Crippen LogP contribution is 2.33. The fourth-order valence-corrected chi connectivity index (χ4v) is 3.27. The van der Waals surface area contributed by atoms with Gasteiger partial charge in [0.2, 0.25) is 0 Å². The fourth-order valence-electron chi connectivity index (χ4n) is 2.64. The minimum Gasteiger partial charge on any atom is -0.348 e. The van der Waals surface area contributed by atoms with Crippen molar-refractivity contribution in [1.82, 2.24) is 5.32 Å². The molecule has 1 aliphatic carbocycles.